The Morgan fingerprint density at radius 1 is 1.18 bits per heavy atom. The summed E-state index contributed by atoms with van der Waals surface area (Å²) in [5, 5.41) is 0. The number of nitrogens with two attached hydrogens (primary N) is 1. The van der Waals surface area contributed by atoms with Gasteiger partial charge in [-0.15, -0.1) is 24.8 Å². The predicted octanol–water partition coefficient (Wildman–Crippen LogP) is 3.01. The van der Waals surface area contributed by atoms with Gasteiger partial charge in [-0.1, -0.05) is 20.8 Å². The number of halogens is 3. The first kappa shape index (κ1) is 25.0. The van der Waals surface area contributed by atoms with E-state index in [0.29, 0.717) is 24.3 Å². The van der Waals surface area contributed by atoms with Gasteiger partial charge in [0.25, 0.3) is 5.91 Å². The fourth-order valence-corrected chi connectivity index (χ4v) is 3.93. The molecule has 1 amide bonds. The van der Waals surface area contributed by atoms with Crippen molar-refractivity contribution in [3.05, 3.63) is 29.6 Å². The third-order valence-corrected chi connectivity index (χ3v) is 5.95. The second-order valence-electron chi connectivity index (χ2n) is 8.20. The highest BCUT2D eigenvalue weighted by atomic mass is 35.5. The SMILES string of the molecule is CCN1CCN(c2ccc(C(=O)N3CCC(N)C(C)(C)C3)cc2F)CC1.Cl.Cl. The number of amides is 1. The molecule has 2 N–H and O–H groups in total. The molecular formula is C20H33Cl2FN4O. The second-order valence-corrected chi connectivity index (χ2v) is 8.20. The molecule has 160 valence electrons. The normalized spacial score (nSPS) is 22.2. The van der Waals surface area contributed by atoms with Gasteiger partial charge in [-0.05, 0) is 36.6 Å². The number of likely N-dealkylation sites (tertiary alicyclic amines) is 1. The zero-order valence-corrected chi connectivity index (χ0v) is 18.6. The van der Waals surface area contributed by atoms with E-state index in [-0.39, 0.29) is 48.0 Å². The number of carbonyl (C=O) groups excluding carboxylic acids is 1. The molecular weight excluding hydrogens is 402 g/mol. The van der Waals surface area contributed by atoms with Crippen molar-refractivity contribution in [3.8, 4) is 0 Å². The van der Waals surface area contributed by atoms with Gasteiger partial charge in [0.15, 0.2) is 0 Å². The first-order valence-corrected chi connectivity index (χ1v) is 9.63. The first-order chi connectivity index (χ1) is 12.3. The highest BCUT2D eigenvalue weighted by Crippen LogP contribution is 2.29. The third-order valence-electron chi connectivity index (χ3n) is 5.95. The van der Waals surface area contributed by atoms with Crippen LogP contribution in [-0.2, 0) is 0 Å². The van der Waals surface area contributed by atoms with E-state index >= 15 is 0 Å². The number of piperazine rings is 1. The zero-order chi connectivity index (χ0) is 18.9. The van der Waals surface area contributed by atoms with Crippen LogP contribution in [0.4, 0.5) is 10.1 Å². The molecule has 0 aliphatic carbocycles. The molecule has 1 aromatic carbocycles. The Morgan fingerprint density at radius 3 is 2.36 bits per heavy atom. The number of rotatable bonds is 3. The molecule has 3 rings (SSSR count). The fourth-order valence-electron chi connectivity index (χ4n) is 3.93. The molecule has 2 heterocycles. The molecule has 2 aliphatic heterocycles. The van der Waals surface area contributed by atoms with Crippen molar-refractivity contribution in [3.63, 3.8) is 0 Å². The van der Waals surface area contributed by atoms with Crippen LogP contribution in [-0.4, -0.2) is 67.6 Å². The summed E-state index contributed by atoms with van der Waals surface area (Å²) in [4.78, 5) is 19.0. The van der Waals surface area contributed by atoms with Gasteiger partial charge in [0.2, 0.25) is 0 Å². The Balaban J connectivity index is 0.00000196. The van der Waals surface area contributed by atoms with Crippen LogP contribution in [0, 0.1) is 11.2 Å². The van der Waals surface area contributed by atoms with E-state index in [1.54, 1.807) is 17.0 Å². The molecule has 8 heteroatoms. The fraction of sp³-hybridized carbons (Fsp3) is 0.650. The summed E-state index contributed by atoms with van der Waals surface area (Å²) in [6.07, 6.45) is 0.779. The molecule has 1 aromatic rings. The van der Waals surface area contributed by atoms with Crippen molar-refractivity contribution in [2.24, 2.45) is 11.1 Å². The molecule has 1 unspecified atom stereocenters. The molecule has 0 bridgehead atoms. The monoisotopic (exact) mass is 434 g/mol. The highest BCUT2D eigenvalue weighted by molar-refractivity contribution is 5.94. The van der Waals surface area contributed by atoms with Crippen molar-refractivity contribution in [2.45, 2.75) is 33.2 Å². The number of piperidine rings is 1. The summed E-state index contributed by atoms with van der Waals surface area (Å²) in [6, 6.07) is 5.00. The van der Waals surface area contributed by atoms with Gasteiger partial charge >= 0.3 is 0 Å². The molecule has 2 saturated heterocycles. The van der Waals surface area contributed by atoms with E-state index in [4.69, 9.17) is 5.73 Å². The minimum atomic E-state index is -0.311. The maximum Gasteiger partial charge on any atom is 0.253 e. The lowest BCUT2D eigenvalue weighted by molar-refractivity contribution is 0.0532. The smallest absolute Gasteiger partial charge is 0.253 e. The number of nitrogens with zero attached hydrogens (tertiary/aromatic N) is 3. The number of hydrogen-bond acceptors (Lipinski definition) is 4. The van der Waals surface area contributed by atoms with Crippen LogP contribution in [0.25, 0.3) is 0 Å². The summed E-state index contributed by atoms with van der Waals surface area (Å²) >= 11 is 0. The first-order valence-electron chi connectivity index (χ1n) is 9.63. The van der Waals surface area contributed by atoms with E-state index in [9.17, 15) is 9.18 Å². The number of benzene rings is 1. The van der Waals surface area contributed by atoms with Crippen molar-refractivity contribution in [2.75, 3.05) is 50.7 Å². The van der Waals surface area contributed by atoms with Crippen LogP contribution in [0.5, 0.6) is 0 Å². The molecule has 2 aliphatic rings. The number of carbonyl (C=O) groups is 1. The Morgan fingerprint density at radius 2 is 1.82 bits per heavy atom. The van der Waals surface area contributed by atoms with Crippen molar-refractivity contribution in [1.82, 2.24) is 9.80 Å². The molecule has 0 saturated carbocycles. The van der Waals surface area contributed by atoms with Gasteiger partial charge in [0, 0.05) is 50.9 Å². The predicted molar refractivity (Wildman–Crippen MR) is 117 cm³/mol. The van der Waals surface area contributed by atoms with E-state index < -0.39 is 0 Å². The van der Waals surface area contributed by atoms with Crippen molar-refractivity contribution < 1.29 is 9.18 Å². The quantitative estimate of drug-likeness (QED) is 0.793. The Hall–Kier alpha value is -1.08. The van der Waals surface area contributed by atoms with Crippen molar-refractivity contribution >= 4 is 36.4 Å². The molecule has 28 heavy (non-hydrogen) atoms. The lowest BCUT2D eigenvalue weighted by Crippen LogP contribution is -2.54. The average Bonchev–Trinajstić information content (AvgIpc) is 2.63. The molecule has 5 nitrogen and oxygen atoms in total. The van der Waals surface area contributed by atoms with E-state index in [0.717, 1.165) is 39.1 Å². The van der Waals surface area contributed by atoms with E-state index in [1.165, 1.54) is 6.07 Å². The van der Waals surface area contributed by atoms with Crippen LogP contribution >= 0.6 is 24.8 Å². The van der Waals surface area contributed by atoms with Crippen LogP contribution in [0.2, 0.25) is 0 Å². The van der Waals surface area contributed by atoms with Crippen LogP contribution in [0.1, 0.15) is 37.6 Å². The molecule has 0 spiro atoms. The van der Waals surface area contributed by atoms with Gasteiger partial charge < -0.3 is 20.4 Å². The molecule has 0 radical (unpaired) electrons. The number of hydrogen-bond donors (Lipinski definition) is 1. The highest BCUT2D eigenvalue weighted by Gasteiger charge is 2.35. The van der Waals surface area contributed by atoms with Crippen LogP contribution in [0.15, 0.2) is 18.2 Å². The Kier molecular flexibility index (Phi) is 9.00. The van der Waals surface area contributed by atoms with E-state index in [1.807, 2.05) is 0 Å². The molecule has 0 aromatic heterocycles. The van der Waals surface area contributed by atoms with Gasteiger partial charge in [-0.2, -0.15) is 0 Å². The summed E-state index contributed by atoms with van der Waals surface area (Å²) in [7, 11) is 0. The third kappa shape index (κ3) is 5.29. The van der Waals surface area contributed by atoms with Gasteiger partial charge in [0.1, 0.15) is 5.82 Å². The van der Waals surface area contributed by atoms with E-state index in [2.05, 4.69) is 30.6 Å². The summed E-state index contributed by atoms with van der Waals surface area (Å²) in [6.45, 7) is 12.1. The van der Waals surface area contributed by atoms with Gasteiger partial charge in [-0.25, -0.2) is 4.39 Å². The number of likely N-dealkylation sites (N-methyl/N-ethyl adjacent to an activating group) is 1. The van der Waals surface area contributed by atoms with Crippen molar-refractivity contribution in [1.29, 1.82) is 0 Å². The zero-order valence-electron chi connectivity index (χ0n) is 17.0. The Bertz CT molecular complexity index is 666. The standard InChI is InChI=1S/C20H31FN4O.2ClH/c1-4-23-9-11-24(12-10-23)17-6-5-15(13-16(17)21)19(26)25-8-7-18(22)20(2,3)14-25;;/h5-6,13,18H,4,7-12,14,22H2,1-3H3;2*1H. The van der Waals surface area contributed by atoms with Crippen LogP contribution < -0.4 is 10.6 Å². The molecule has 2 fully saturated rings. The minimum Gasteiger partial charge on any atom is -0.367 e. The maximum atomic E-state index is 14.7. The Labute approximate surface area is 180 Å². The average molecular weight is 435 g/mol. The number of anilines is 1. The largest absolute Gasteiger partial charge is 0.367 e. The topological polar surface area (TPSA) is 52.8 Å². The summed E-state index contributed by atoms with van der Waals surface area (Å²) in [5.41, 5.74) is 7.05. The maximum absolute atomic E-state index is 14.7. The minimum absolute atomic E-state index is 0. The van der Waals surface area contributed by atoms with Gasteiger partial charge in [0.05, 0.1) is 5.69 Å². The van der Waals surface area contributed by atoms with Crippen LogP contribution in [0.3, 0.4) is 0 Å². The molecule has 1 atom stereocenters. The lowest BCUT2D eigenvalue weighted by Gasteiger charge is -2.42. The summed E-state index contributed by atoms with van der Waals surface area (Å²) < 4.78 is 14.7. The lowest BCUT2D eigenvalue weighted by atomic mass is 9.79. The van der Waals surface area contributed by atoms with Gasteiger partial charge in [-0.3, -0.25) is 4.79 Å². The second kappa shape index (κ2) is 10.1. The summed E-state index contributed by atoms with van der Waals surface area (Å²) in [5.74, 6) is -0.417.